The average Bonchev–Trinajstić information content (AvgIpc) is 3.40. The SMILES string of the molecule is Cc1nc(-c2ccc(C(F)(F)F)cc2)sc1C(=O)N1C[C@@H](C)N(C(=O)Cc2ccc3ccccc3c2)C[C@@H]1CCCN=C(N)N. The van der Waals surface area contributed by atoms with Gasteiger partial charge in [-0.25, -0.2) is 4.98 Å². The van der Waals surface area contributed by atoms with Gasteiger partial charge < -0.3 is 21.3 Å². The maximum Gasteiger partial charge on any atom is 0.416 e. The number of hydrogen-bond donors (Lipinski definition) is 2. The molecule has 2 heterocycles. The molecular weight excluding hydrogens is 601 g/mol. The third-order valence-corrected chi connectivity index (χ3v) is 9.23. The zero-order chi connectivity index (χ0) is 32.3. The van der Waals surface area contributed by atoms with E-state index in [9.17, 15) is 22.8 Å². The van der Waals surface area contributed by atoms with E-state index in [0.717, 1.165) is 39.8 Å². The molecule has 8 nitrogen and oxygen atoms in total. The molecule has 4 aromatic rings. The van der Waals surface area contributed by atoms with Crippen LogP contribution in [-0.4, -0.2) is 64.3 Å². The zero-order valence-corrected chi connectivity index (χ0v) is 25.9. The van der Waals surface area contributed by atoms with E-state index in [1.54, 1.807) is 11.8 Å². The Kier molecular flexibility index (Phi) is 9.42. The summed E-state index contributed by atoms with van der Waals surface area (Å²) >= 11 is 1.15. The number of nitrogens with two attached hydrogens (primary N) is 2. The molecule has 2 amide bonds. The van der Waals surface area contributed by atoms with E-state index in [-0.39, 0.29) is 36.3 Å². The van der Waals surface area contributed by atoms with Crippen LogP contribution in [-0.2, 0) is 17.4 Å². The van der Waals surface area contributed by atoms with Crippen molar-refractivity contribution in [2.24, 2.45) is 16.5 Å². The number of carbonyl (C=O) groups is 2. The van der Waals surface area contributed by atoms with Crippen LogP contribution in [0.2, 0.25) is 0 Å². The van der Waals surface area contributed by atoms with Crippen molar-refractivity contribution in [3.05, 3.63) is 88.4 Å². The fourth-order valence-corrected chi connectivity index (χ4v) is 6.72. The van der Waals surface area contributed by atoms with E-state index in [4.69, 9.17) is 11.5 Å². The fraction of sp³-hybridized carbons (Fsp3) is 0.333. The summed E-state index contributed by atoms with van der Waals surface area (Å²) in [6.45, 7) is 4.71. The van der Waals surface area contributed by atoms with Gasteiger partial charge in [0.2, 0.25) is 5.91 Å². The zero-order valence-electron chi connectivity index (χ0n) is 25.1. The van der Waals surface area contributed by atoms with E-state index < -0.39 is 11.7 Å². The van der Waals surface area contributed by atoms with Crippen molar-refractivity contribution < 1.29 is 22.8 Å². The molecule has 0 radical (unpaired) electrons. The minimum Gasteiger partial charge on any atom is -0.370 e. The van der Waals surface area contributed by atoms with Crippen LogP contribution in [0, 0.1) is 6.92 Å². The number of benzene rings is 3. The number of piperazine rings is 1. The van der Waals surface area contributed by atoms with Gasteiger partial charge in [0, 0.05) is 37.3 Å². The Morgan fingerprint density at radius 3 is 2.40 bits per heavy atom. The van der Waals surface area contributed by atoms with E-state index in [2.05, 4.69) is 9.98 Å². The van der Waals surface area contributed by atoms with Crippen LogP contribution in [0.15, 0.2) is 71.7 Å². The average molecular weight is 637 g/mol. The molecule has 1 aliphatic heterocycles. The van der Waals surface area contributed by atoms with E-state index in [0.29, 0.717) is 53.6 Å². The first-order valence-electron chi connectivity index (χ1n) is 14.7. The number of aromatic nitrogens is 1. The number of guanidine groups is 1. The van der Waals surface area contributed by atoms with Crippen molar-refractivity contribution in [1.82, 2.24) is 14.8 Å². The van der Waals surface area contributed by atoms with Gasteiger partial charge >= 0.3 is 6.18 Å². The molecule has 236 valence electrons. The lowest BCUT2D eigenvalue weighted by Crippen LogP contribution is -2.60. The molecule has 1 fully saturated rings. The summed E-state index contributed by atoms with van der Waals surface area (Å²) in [7, 11) is 0. The lowest BCUT2D eigenvalue weighted by atomic mass is 10.00. The summed E-state index contributed by atoms with van der Waals surface area (Å²) in [5.41, 5.74) is 12.2. The van der Waals surface area contributed by atoms with Gasteiger partial charge in [0.05, 0.1) is 17.7 Å². The Labute approximate surface area is 263 Å². The monoisotopic (exact) mass is 636 g/mol. The molecule has 4 N–H and O–H groups in total. The van der Waals surface area contributed by atoms with Crippen molar-refractivity contribution in [3.8, 4) is 10.6 Å². The summed E-state index contributed by atoms with van der Waals surface area (Å²) in [6, 6.07) is 18.2. The highest BCUT2D eigenvalue weighted by Crippen LogP contribution is 2.34. The van der Waals surface area contributed by atoms with Crippen LogP contribution >= 0.6 is 11.3 Å². The normalized spacial score (nSPS) is 17.0. The van der Waals surface area contributed by atoms with Gasteiger partial charge in [0.15, 0.2) is 5.96 Å². The van der Waals surface area contributed by atoms with Crippen molar-refractivity contribution in [2.75, 3.05) is 19.6 Å². The number of nitrogens with zero attached hydrogens (tertiary/aromatic N) is 4. The van der Waals surface area contributed by atoms with Crippen LogP contribution < -0.4 is 11.5 Å². The summed E-state index contributed by atoms with van der Waals surface area (Å²) in [5.74, 6) is -0.246. The number of carbonyl (C=O) groups excluding carboxylic acids is 2. The van der Waals surface area contributed by atoms with Crippen LogP contribution in [0.1, 0.15) is 46.3 Å². The highest BCUT2D eigenvalue weighted by Gasteiger charge is 2.38. The Bertz CT molecular complexity index is 1720. The molecule has 5 rings (SSSR count). The third kappa shape index (κ3) is 7.44. The minimum absolute atomic E-state index is 0.0107. The number of fused-ring (bicyclic) bond motifs is 1. The van der Waals surface area contributed by atoms with Gasteiger partial charge in [-0.05, 0) is 55.2 Å². The number of halogens is 3. The third-order valence-electron chi connectivity index (χ3n) is 8.03. The molecular formula is C33H35F3N6O2S. The first-order valence-corrected chi connectivity index (χ1v) is 15.5. The number of aryl methyl sites for hydroxylation is 1. The Balaban J connectivity index is 1.35. The molecule has 1 aromatic heterocycles. The Morgan fingerprint density at radius 2 is 1.71 bits per heavy atom. The summed E-state index contributed by atoms with van der Waals surface area (Å²) < 4.78 is 39.2. The predicted octanol–water partition coefficient (Wildman–Crippen LogP) is 5.63. The number of aliphatic imine (C=N–C) groups is 1. The second kappa shape index (κ2) is 13.3. The first-order chi connectivity index (χ1) is 21.4. The molecule has 0 saturated carbocycles. The molecule has 12 heteroatoms. The van der Waals surface area contributed by atoms with E-state index in [1.807, 2.05) is 54.3 Å². The van der Waals surface area contributed by atoms with E-state index in [1.165, 1.54) is 12.1 Å². The Morgan fingerprint density at radius 1 is 1.00 bits per heavy atom. The topological polar surface area (TPSA) is 118 Å². The lowest BCUT2D eigenvalue weighted by Gasteiger charge is -2.45. The summed E-state index contributed by atoms with van der Waals surface area (Å²) in [5, 5.41) is 2.64. The van der Waals surface area contributed by atoms with Gasteiger partial charge in [0.1, 0.15) is 9.88 Å². The van der Waals surface area contributed by atoms with Crippen LogP contribution in [0.5, 0.6) is 0 Å². The number of amides is 2. The molecule has 45 heavy (non-hydrogen) atoms. The Hall–Kier alpha value is -4.45. The second-order valence-corrected chi connectivity index (χ2v) is 12.3. The highest BCUT2D eigenvalue weighted by molar-refractivity contribution is 7.17. The number of rotatable bonds is 8. The molecule has 0 spiro atoms. The van der Waals surface area contributed by atoms with Crippen LogP contribution in [0.3, 0.4) is 0 Å². The van der Waals surface area contributed by atoms with Crippen LogP contribution in [0.4, 0.5) is 13.2 Å². The molecule has 0 unspecified atom stereocenters. The van der Waals surface area contributed by atoms with Crippen molar-refractivity contribution >= 4 is 39.9 Å². The van der Waals surface area contributed by atoms with Crippen molar-refractivity contribution in [1.29, 1.82) is 0 Å². The largest absolute Gasteiger partial charge is 0.416 e. The number of alkyl halides is 3. The molecule has 2 atom stereocenters. The molecule has 0 aliphatic carbocycles. The fourth-order valence-electron chi connectivity index (χ4n) is 5.69. The van der Waals surface area contributed by atoms with E-state index >= 15 is 0 Å². The maximum atomic E-state index is 14.0. The lowest BCUT2D eigenvalue weighted by molar-refractivity contribution is -0.137. The molecule has 3 aromatic carbocycles. The first kappa shape index (κ1) is 32.0. The maximum absolute atomic E-state index is 14.0. The van der Waals surface area contributed by atoms with Crippen molar-refractivity contribution in [2.45, 2.75) is 51.4 Å². The quantitative estimate of drug-likeness (QED) is 0.148. The summed E-state index contributed by atoms with van der Waals surface area (Å²) in [4.78, 5) is 40.3. The molecule has 1 saturated heterocycles. The smallest absolute Gasteiger partial charge is 0.370 e. The van der Waals surface area contributed by atoms with Gasteiger partial charge in [0.25, 0.3) is 5.91 Å². The van der Waals surface area contributed by atoms with Gasteiger partial charge in [-0.1, -0.05) is 54.6 Å². The minimum atomic E-state index is -4.44. The van der Waals surface area contributed by atoms with Crippen LogP contribution in [0.25, 0.3) is 21.3 Å². The summed E-state index contributed by atoms with van der Waals surface area (Å²) in [6.07, 6.45) is -3.02. The predicted molar refractivity (Wildman–Crippen MR) is 171 cm³/mol. The number of thiazole rings is 1. The van der Waals surface area contributed by atoms with Gasteiger partial charge in [-0.15, -0.1) is 11.3 Å². The second-order valence-electron chi connectivity index (χ2n) is 11.3. The highest BCUT2D eigenvalue weighted by atomic mass is 32.1. The molecule has 0 bridgehead atoms. The molecule has 1 aliphatic rings. The van der Waals surface area contributed by atoms with Crippen molar-refractivity contribution in [3.63, 3.8) is 0 Å². The number of hydrogen-bond acceptors (Lipinski definition) is 5. The standard InChI is InChI=1S/C33H35F3N6O2S/c1-20-18-42(31(44)29-21(2)40-30(45-29)24-11-13-26(14-12-24)33(34,35)36)27(8-5-15-39-32(37)38)19-41(20)28(43)17-22-9-10-23-6-3-4-7-25(23)16-22/h3-4,6-7,9-14,16,20,27H,5,8,15,17-19H2,1-2H3,(H4,37,38,39)/t20-,27+/m1/s1. The van der Waals surface area contributed by atoms with Gasteiger partial charge in [-0.2, -0.15) is 13.2 Å². The van der Waals surface area contributed by atoms with Gasteiger partial charge in [-0.3, -0.25) is 14.6 Å².